The number of alkyl halides is 3. The van der Waals surface area contributed by atoms with Gasteiger partial charge in [-0.3, -0.25) is 4.90 Å². The van der Waals surface area contributed by atoms with E-state index in [1.807, 2.05) is 19.0 Å². The van der Waals surface area contributed by atoms with Crippen molar-refractivity contribution in [1.82, 2.24) is 20.4 Å². The molecule has 0 aliphatic carbocycles. The number of anilines is 1. The summed E-state index contributed by atoms with van der Waals surface area (Å²) in [5.74, 6) is 0.449. The highest BCUT2D eigenvalue weighted by molar-refractivity contribution is 5.73. The zero-order chi connectivity index (χ0) is 23.0. The van der Waals surface area contributed by atoms with Gasteiger partial charge in [-0.2, -0.15) is 13.2 Å². The fourth-order valence-electron chi connectivity index (χ4n) is 3.89. The highest BCUT2D eigenvalue weighted by Gasteiger charge is 2.31. The maximum atomic E-state index is 12.9. The molecule has 0 bridgehead atoms. The largest absolute Gasteiger partial charge is 0.416 e. The second-order valence-corrected chi connectivity index (χ2v) is 8.64. The summed E-state index contributed by atoms with van der Waals surface area (Å²) in [4.78, 5) is 18.4. The molecule has 0 radical (unpaired) electrons. The first kappa shape index (κ1) is 25.3. The molecule has 1 atom stereocenters. The van der Waals surface area contributed by atoms with Gasteiger partial charge < -0.3 is 20.4 Å². The highest BCUT2D eigenvalue weighted by atomic mass is 19.4. The number of urea groups is 1. The fraction of sp³-hybridized carbons (Fsp3) is 0.682. The smallest absolute Gasteiger partial charge is 0.369 e. The first-order valence-corrected chi connectivity index (χ1v) is 10.9. The van der Waals surface area contributed by atoms with Gasteiger partial charge in [0.1, 0.15) is 0 Å². The number of carbonyl (C=O) groups is 1. The van der Waals surface area contributed by atoms with E-state index in [0.717, 1.165) is 32.1 Å². The Morgan fingerprint density at radius 1 is 1.13 bits per heavy atom. The van der Waals surface area contributed by atoms with Gasteiger partial charge in [-0.1, -0.05) is 19.9 Å². The predicted octanol–water partition coefficient (Wildman–Crippen LogP) is 3.10. The lowest BCUT2D eigenvalue weighted by Crippen LogP contribution is -2.48. The number of hydrogen-bond acceptors (Lipinski definition) is 4. The minimum Gasteiger partial charge on any atom is -0.369 e. The van der Waals surface area contributed by atoms with Gasteiger partial charge in [-0.25, -0.2) is 4.79 Å². The Labute approximate surface area is 183 Å². The standard InChI is InChI=1S/C22H36F3N5O/c1-17(2)20(28(3)4)16-27-21(31)26-9-6-10-29-11-13-30(14-12-29)19-8-5-7-18(15-19)22(23,24)25/h5,7-8,15,17,20H,6,9-14,16H2,1-4H3,(H2,26,27,31). The van der Waals surface area contributed by atoms with Crippen molar-refractivity contribution < 1.29 is 18.0 Å². The molecule has 2 amide bonds. The molecule has 176 valence electrons. The monoisotopic (exact) mass is 443 g/mol. The topological polar surface area (TPSA) is 50.9 Å². The Bertz CT molecular complexity index is 680. The van der Waals surface area contributed by atoms with E-state index in [4.69, 9.17) is 0 Å². The van der Waals surface area contributed by atoms with Crippen LogP contribution in [0.4, 0.5) is 23.7 Å². The summed E-state index contributed by atoms with van der Waals surface area (Å²) in [7, 11) is 4.02. The molecule has 9 heteroatoms. The van der Waals surface area contributed by atoms with Crippen molar-refractivity contribution in [3.05, 3.63) is 29.8 Å². The van der Waals surface area contributed by atoms with Crippen LogP contribution >= 0.6 is 0 Å². The van der Waals surface area contributed by atoms with E-state index in [9.17, 15) is 18.0 Å². The van der Waals surface area contributed by atoms with Crippen LogP contribution in [-0.4, -0.2) is 81.8 Å². The average molecular weight is 444 g/mol. The van der Waals surface area contributed by atoms with Crippen LogP contribution in [0.15, 0.2) is 24.3 Å². The summed E-state index contributed by atoms with van der Waals surface area (Å²) in [5, 5.41) is 5.83. The van der Waals surface area contributed by atoms with E-state index in [-0.39, 0.29) is 6.03 Å². The molecule has 1 aliphatic heterocycles. The molecule has 31 heavy (non-hydrogen) atoms. The number of hydrogen-bond donors (Lipinski definition) is 2. The summed E-state index contributed by atoms with van der Waals surface area (Å²) in [6, 6.07) is 5.65. The summed E-state index contributed by atoms with van der Waals surface area (Å²) in [6.45, 7) is 9.29. The number of nitrogens with one attached hydrogen (secondary N) is 2. The van der Waals surface area contributed by atoms with Gasteiger partial charge in [0.15, 0.2) is 0 Å². The van der Waals surface area contributed by atoms with Crippen LogP contribution < -0.4 is 15.5 Å². The number of halogens is 3. The van der Waals surface area contributed by atoms with Crippen LogP contribution in [-0.2, 0) is 6.18 Å². The van der Waals surface area contributed by atoms with E-state index in [2.05, 4.69) is 34.3 Å². The minimum atomic E-state index is -4.32. The average Bonchev–Trinajstić information content (AvgIpc) is 2.71. The molecule has 0 saturated carbocycles. The van der Waals surface area contributed by atoms with Gasteiger partial charge in [-0.05, 0) is 51.2 Å². The van der Waals surface area contributed by atoms with Gasteiger partial charge in [0.25, 0.3) is 0 Å². The van der Waals surface area contributed by atoms with Gasteiger partial charge in [0, 0.05) is 51.0 Å². The lowest BCUT2D eigenvalue weighted by Gasteiger charge is -2.36. The Balaban J connectivity index is 1.65. The number of nitrogens with zero attached hydrogens (tertiary/aromatic N) is 3. The zero-order valence-corrected chi connectivity index (χ0v) is 19.0. The molecule has 1 aliphatic rings. The van der Waals surface area contributed by atoms with Crippen LogP contribution in [0.25, 0.3) is 0 Å². The molecule has 1 aromatic carbocycles. The quantitative estimate of drug-likeness (QED) is 0.576. The zero-order valence-electron chi connectivity index (χ0n) is 19.0. The van der Waals surface area contributed by atoms with Crippen molar-refractivity contribution >= 4 is 11.7 Å². The summed E-state index contributed by atoms with van der Waals surface area (Å²) < 4.78 is 38.8. The third-order valence-corrected chi connectivity index (χ3v) is 5.75. The molecule has 0 aromatic heterocycles. The van der Waals surface area contributed by atoms with E-state index in [1.165, 1.54) is 12.1 Å². The number of likely N-dealkylation sites (N-methyl/N-ethyl adjacent to an activating group) is 1. The molecular weight excluding hydrogens is 407 g/mol. The third kappa shape index (κ3) is 8.22. The molecule has 6 nitrogen and oxygen atoms in total. The predicted molar refractivity (Wildman–Crippen MR) is 118 cm³/mol. The second-order valence-electron chi connectivity index (χ2n) is 8.64. The number of piperazine rings is 1. The fourth-order valence-corrected chi connectivity index (χ4v) is 3.89. The van der Waals surface area contributed by atoms with Crippen molar-refractivity contribution in [3.63, 3.8) is 0 Å². The number of carbonyl (C=O) groups excluding carboxylic acids is 1. The first-order chi connectivity index (χ1) is 14.6. The molecule has 1 unspecified atom stereocenters. The Morgan fingerprint density at radius 3 is 2.39 bits per heavy atom. The lowest BCUT2D eigenvalue weighted by atomic mass is 10.0. The molecule has 1 saturated heterocycles. The van der Waals surface area contributed by atoms with Crippen molar-refractivity contribution in [2.45, 2.75) is 32.5 Å². The summed E-state index contributed by atoms with van der Waals surface area (Å²) in [6.07, 6.45) is -3.49. The number of amides is 2. The molecule has 1 heterocycles. The van der Waals surface area contributed by atoms with Crippen LogP contribution in [0.2, 0.25) is 0 Å². The van der Waals surface area contributed by atoms with Crippen LogP contribution in [0.1, 0.15) is 25.8 Å². The molecule has 2 N–H and O–H groups in total. The Kier molecular flexibility index (Phi) is 9.43. The molecule has 0 spiro atoms. The summed E-state index contributed by atoms with van der Waals surface area (Å²) in [5.41, 5.74) is 0.00677. The Hall–Kier alpha value is -2.00. The number of rotatable bonds is 9. The van der Waals surface area contributed by atoms with Gasteiger partial charge in [-0.15, -0.1) is 0 Å². The van der Waals surface area contributed by atoms with Gasteiger partial charge in [0.2, 0.25) is 0 Å². The van der Waals surface area contributed by atoms with Crippen LogP contribution in [0.5, 0.6) is 0 Å². The van der Waals surface area contributed by atoms with E-state index in [1.54, 1.807) is 6.07 Å². The third-order valence-electron chi connectivity index (χ3n) is 5.75. The second kappa shape index (κ2) is 11.6. The molecular formula is C22H36F3N5O. The van der Waals surface area contributed by atoms with Crippen molar-refractivity contribution in [2.75, 3.05) is 64.8 Å². The van der Waals surface area contributed by atoms with Gasteiger partial charge >= 0.3 is 12.2 Å². The molecule has 1 fully saturated rings. The Morgan fingerprint density at radius 2 is 1.81 bits per heavy atom. The van der Waals surface area contributed by atoms with Crippen LogP contribution in [0, 0.1) is 5.92 Å². The number of benzene rings is 1. The highest BCUT2D eigenvalue weighted by Crippen LogP contribution is 2.31. The van der Waals surface area contributed by atoms with Crippen molar-refractivity contribution in [1.29, 1.82) is 0 Å². The minimum absolute atomic E-state index is 0.151. The normalized spacial score (nSPS) is 16.6. The van der Waals surface area contributed by atoms with Crippen molar-refractivity contribution in [2.24, 2.45) is 5.92 Å². The maximum Gasteiger partial charge on any atom is 0.416 e. The molecule has 1 aromatic rings. The SMILES string of the molecule is CC(C)C(CNC(=O)NCCCN1CCN(c2cccc(C(F)(F)F)c2)CC1)N(C)C. The van der Waals surface area contributed by atoms with Crippen molar-refractivity contribution in [3.8, 4) is 0 Å². The molecule has 2 rings (SSSR count). The van der Waals surface area contributed by atoms with E-state index >= 15 is 0 Å². The van der Waals surface area contributed by atoms with Crippen LogP contribution in [0.3, 0.4) is 0 Å². The maximum absolute atomic E-state index is 12.9. The van der Waals surface area contributed by atoms with Gasteiger partial charge in [0.05, 0.1) is 5.56 Å². The summed E-state index contributed by atoms with van der Waals surface area (Å²) >= 11 is 0. The first-order valence-electron chi connectivity index (χ1n) is 10.9. The van der Waals surface area contributed by atoms with E-state index < -0.39 is 11.7 Å². The lowest BCUT2D eigenvalue weighted by molar-refractivity contribution is -0.137. The van der Waals surface area contributed by atoms with E-state index in [0.29, 0.717) is 43.8 Å².